The molecule has 9 heteroatoms. The van der Waals surface area contributed by atoms with Crippen LogP contribution in [0.5, 0.6) is 0 Å². The van der Waals surface area contributed by atoms with Gasteiger partial charge < -0.3 is 5.11 Å². The molecule has 0 unspecified atom stereocenters. The number of carboxylic acids is 1. The van der Waals surface area contributed by atoms with Crippen molar-refractivity contribution in [1.82, 2.24) is 0 Å². The second-order valence-electron chi connectivity index (χ2n) is 4.51. The number of nitrogens with zero attached hydrogens (tertiary/aromatic N) is 1. The summed E-state index contributed by atoms with van der Waals surface area (Å²) in [5, 5.41) is 7.69. The highest BCUT2D eigenvalue weighted by molar-refractivity contribution is 8.01. The van der Waals surface area contributed by atoms with Crippen molar-refractivity contribution in [3.8, 4) is 0 Å². The molecule has 0 radical (unpaired) electrons. The fraction of sp³-hybridized carbons (Fsp3) is 0.308. The monoisotopic (exact) mass is 333 g/mol. The molecule has 1 fully saturated rings. The average Bonchev–Trinajstić information content (AvgIpc) is 2.70. The maximum Gasteiger partial charge on any atom is 0.416 e. The number of hydrogen-bond donors (Lipinski definition) is 1. The van der Waals surface area contributed by atoms with Crippen LogP contribution in [0.15, 0.2) is 24.3 Å². The lowest BCUT2D eigenvalue weighted by Crippen LogP contribution is -2.31. The first-order valence-electron chi connectivity index (χ1n) is 6.07. The Kier molecular flexibility index (Phi) is 4.45. The molecule has 2 rings (SSSR count). The summed E-state index contributed by atoms with van der Waals surface area (Å²) in [6.45, 7) is 0. The lowest BCUT2D eigenvalue weighted by Gasteiger charge is -2.16. The zero-order chi connectivity index (χ0) is 16.5. The van der Waals surface area contributed by atoms with Gasteiger partial charge in [-0.25, -0.2) is 4.90 Å². The standard InChI is InChI=1S/C13H10F3NO4S/c14-13(15,16)7-2-1-3-8(4-7)17-10(18)5-9(12(17)21)22-6-11(19)20/h1-4,9H,5-6H2,(H,19,20)/t9-/m0/s1. The van der Waals surface area contributed by atoms with Gasteiger partial charge in [-0.3, -0.25) is 14.4 Å². The maximum absolute atomic E-state index is 12.7. The van der Waals surface area contributed by atoms with Crippen LogP contribution in [0.2, 0.25) is 0 Å². The molecule has 1 aromatic carbocycles. The molecule has 118 valence electrons. The third-order valence-electron chi connectivity index (χ3n) is 2.94. The molecule has 1 saturated heterocycles. The Labute approximate surface area is 127 Å². The number of carbonyl (C=O) groups excluding carboxylic acids is 2. The first-order valence-corrected chi connectivity index (χ1v) is 7.12. The van der Waals surface area contributed by atoms with Gasteiger partial charge in [-0.2, -0.15) is 13.2 Å². The first kappa shape index (κ1) is 16.3. The number of thioether (sulfide) groups is 1. The summed E-state index contributed by atoms with van der Waals surface area (Å²) >= 11 is 0.778. The van der Waals surface area contributed by atoms with E-state index in [0.717, 1.165) is 30.0 Å². The molecule has 1 atom stereocenters. The Bertz CT molecular complexity index is 632. The number of carboxylic acid groups (broad SMARTS) is 1. The number of carbonyl (C=O) groups is 3. The van der Waals surface area contributed by atoms with Crippen LogP contribution in [-0.4, -0.2) is 33.9 Å². The summed E-state index contributed by atoms with van der Waals surface area (Å²) in [5.74, 6) is -2.84. The van der Waals surface area contributed by atoms with E-state index in [4.69, 9.17) is 5.11 Å². The molecule has 22 heavy (non-hydrogen) atoms. The van der Waals surface area contributed by atoms with Crippen molar-refractivity contribution in [3.05, 3.63) is 29.8 Å². The van der Waals surface area contributed by atoms with Crippen LogP contribution in [0.4, 0.5) is 18.9 Å². The number of halogens is 3. The molecule has 0 aliphatic carbocycles. The van der Waals surface area contributed by atoms with E-state index >= 15 is 0 Å². The van der Waals surface area contributed by atoms with Gasteiger partial charge in [0.1, 0.15) is 0 Å². The number of alkyl halides is 3. The van der Waals surface area contributed by atoms with Crippen LogP contribution in [0.3, 0.4) is 0 Å². The van der Waals surface area contributed by atoms with Gasteiger partial charge in [0.25, 0.3) is 0 Å². The van der Waals surface area contributed by atoms with Crippen molar-refractivity contribution in [2.45, 2.75) is 17.8 Å². The molecule has 0 spiro atoms. The average molecular weight is 333 g/mol. The van der Waals surface area contributed by atoms with Gasteiger partial charge in [-0.15, -0.1) is 11.8 Å². The Balaban J connectivity index is 2.24. The SMILES string of the molecule is O=C(O)CS[C@H]1CC(=O)N(c2cccc(C(F)(F)F)c2)C1=O. The molecule has 1 N–H and O–H groups in total. The highest BCUT2D eigenvalue weighted by Gasteiger charge is 2.41. The minimum atomic E-state index is -4.58. The normalized spacial score (nSPS) is 18.9. The van der Waals surface area contributed by atoms with E-state index < -0.39 is 34.8 Å². The second kappa shape index (κ2) is 5.99. The lowest BCUT2D eigenvalue weighted by atomic mass is 10.2. The number of benzene rings is 1. The summed E-state index contributed by atoms with van der Waals surface area (Å²) in [7, 11) is 0. The van der Waals surface area contributed by atoms with Crippen LogP contribution in [0.1, 0.15) is 12.0 Å². The number of anilines is 1. The minimum Gasteiger partial charge on any atom is -0.481 e. The minimum absolute atomic E-state index is 0.164. The zero-order valence-corrected chi connectivity index (χ0v) is 11.8. The van der Waals surface area contributed by atoms with Crippen LogP contribution in [0.25, 0.3) is 0 Å². The molecule has 1 aliphatic heterocycles. The number of amides is 2. The van der Waals surface area contributed by atoms with Crippen molar-refractivity contribution in [3.63, 3.8) is 0 Å². The van der Waals surface area contributed by atoms with Gasteiger partial charge in [0, 0.05) is 6.42 Å². The highest BCUT2D eigenvalue weighted by atomic mass is 32.2. The quantitative estimate of drug-likeness (QED) is 0.855. The van der Waals surface area contributed by atoms with Gasteiger partial charge in [0.05, 0.1) is 22.3 Å². The van der Waals surface area contributed by atoms with Crippen LogP contribution >= 0.6 is 11.8 Å². The number of aliphatic carboxylic acids is 1. The molecular formula is C13H10F3NO4S. The van der Waals surface area contributed by atoms with Gasteiger partial charge in [-0.1, -0.05) is 6.07 Å². The molecule has 0 saturated carbocycles. The number of imide groups is 1. The van der Waals surface area contributed by atoms with E-state index in [1.54, 1.807) is 0 Å². The van der Waals surface area contributed by atoms with Gasteiger partial charge in [-0.05, 0) is 18.2 Å². The molecule has 1 aliphatic rings. The Morgan fingerprint density at radius 2 is 2.05 bits per heavy atom. The molecule has 1 heterocycles. The topological polar surface area (TPSA) is 74.7 Å². The van der Waals surface area contributed by atoms with Crippen LogP contribution < -0.4 is 4.90 Å². The van der Waals surface area contributed by atoms with E-state index in [9.17, 15) is 27.6 Å². The smallest absolute Gasteiger partial charge is 0.416 e. The number of rotatable bonds is 4. The Morgan fingerprint density at radius 3 is 2.64 bits per heavy atom. The van der Waals surface area contributed by atoms with Crippen molar-refractivity contribution >= 4 is 35.2 Å². The predicted octanol–water partition coefficient (Wildman–Crippen LogP) is 2.16. The van der Waals surface area contributed by atoms with E-state index in [-0.39, 0.29) is 17.9 Å². The van der Waals surface area contributed by atoms with Gasteiger partial charge in [0.2, 0.25) is 11.8 Å². The summed E-state index contributed by atoms with van der Waals surface area (Å²) < 4.78 is 38.0. The third kappa shape index (κ3) is 3.41. The van der Waals surface area contributed by atoms with E-state index in [0.29, 0.717) is 4.90 Å². The Hall–Kier alpha value is -2.03. The van der Waals surface area contributed by atoms with Gasteiger partial charge in [0.15, 0.2) is 0 Å². The molecule has 0 bridgehead atoms. The summed E-state index contributed by atoms with van der Waals surface area (Å²) in [6, 6.07) is 3.90. The van der Waals surface area contributed by atoms with Crippen molar-refractivity contribution in [2.24, 2.45) is 0 Å². The fourth-order valence-electron chi connectivity index (χ4n) is 2.00. The number of hydrogen-bond acceptors (Lipinski definition) is 4. The predicted molar refractivity (Wildman–Crippen MR) is 72.4 cm³/mol. The van der Waals surface area contributed by atoms with Crippen molar-refractivity contribution < 1.29 is 32.7 Å². The largest absolute Gasteiger partial charge is 0.481 e. The Morgan fingerprint density at radius 1 is 1.36 bits per heavy atom. The van der Waals surface area contributed by atoms with E-state index in [1.165, 1.54) is 6.07 Å². The zero-order valence-electron chi connectivity index (χ0n) is 11.0. The molecule has 5 nitrogen and oxygen atoms in total. The second-order valence-corrected chi connectivity index (χ2v) is 5.70. The summed E-state index contributed by atoms with van der Waals surface area (Å²) in [5.41, 5.74) is -1.13. The summed E-state index contributed by atoms with van der Waals surface area (Å²) in [4.78, 5) is 35.1. The van der Waals surface area contributed by atoms with E-state index in [2.05, 4.69) is 0 Å². The van der Waals surface area contributed by atoms with Crippen molar-refractivity contribution in [1.29, 1.82) is 0 Å². The van der Waals surface area contributed by atoms with Crippen molar-refractivity contribution in [2.75, 3.05) is 10.7 Å². The fourth-order valence-corrected chi connectivity index (χ4v) is 2.85. The molecule has 1 aromatic rings. The highest BCUT2D eigenvalue weighted by Crippen LogP contribution is 2.34. The summed E-state index contributed by atoms with van der Waals surface area (Å²) in [6.07, 6.45) is -4.81. The van der Waals surface area contributed by atoms with Crippen LogP contribution in [0, 0.1) is 0 Å². The van der Waals surface area contributed by atoms with Crippen LogP contribution in [-0.2, 0) is 20.6 Å². The van der Waals surface area contributed by atoms with Gasteiger partial charge >= 0.3 is 12.1 Å². The lowest BCUT2D eigenvalue weighted by molar-refractivity contribution is -0.137. The molecule has 2 amide bonds. The first-order chi connectivity index (χ1) is 10.2. The maximum atomic E-state index is 12.7. The molecule has 0 aromatic heterocycles. The third-order valence-corrected chi connectivity index (χ3v) is 4.13. The molecular weight excluding hydrogens is 323 g/mol. The van der Waals surface area contributed by atoms with E-state index in [1.807, 2.05) is 0 Å².